The second-order valence-corrected chi connectivity index (χ2v) is 6.35. The van der Waals surface area contributed by atoms with Gasteiger partial charge in [-0.1, -0.05) is 18.5 Å². The van der Waals surface area contributed by atoms with Crippen molar-refractivity contribution < 1.29 is 14.3 Å². The van der Waals surface area contributed by atoms with Crippen molar-refractivity contribution in [3.8, 4) is 5.75 Å². The van der Waals surface area contributed by atoms with Crippen LogP contribution in [0.2, 0.25) is 5.02 Å². The summed E-state index contributed by atoms with van der Waals surface area (Å²) in [5.41, 5.74) is 0.698. The van der Waals surface area contributed by atoms with Crippen LogP contribution < -0.4 is 4.74 Å². The van der Waals surface area contributed by atoms with Crippen LogP contribution in [0.4, 0.5) is 4.79 Å². The fourth-order valence-electron chi connectivity index (χ4n) is 2.10. The van der Waals surface area contributed by atoms with Gasteiger partial charge in [-0.3, -0.25) is 14.5 Å². The molecule has 0 spiro atoms. The predicted molar refractivity (Wildman–Crippen MR) is 90.2 cm³/mol. The maximum atomic E-state index is 12.4. The van der Waals surface area contributed by atoms with Crippen LogP contribution in [0.5, 0.6) is 5.75 Å². The lowest BCUT2D eigenvalue weighted by Gasteiger charge is -2.19. The van der Waals surface area contributed by atoms with E-state index in [-0.39, 0.29) is 17.2 Å². The van der Waals surface area contributed by atoms with Crippen molar-refractivity contribution in [2.45, 2.75) is 33.2 Å². The molecule has 0 aromatic heterocycles. The van der Waals surface area contributed by atoms with Gasteiger partial charge >= 0.3 is 0 Å². The van der Waals surface area contributed by atoms with Gasteiger partial charge in [0.05, 0.1) is 11.5 Å². The second-order valence-electron chi connectivity index (χ2n) is 4.92. The van der Waals surface area contributed by atoms with Crippen molar-refractivity contribution in [1.29, 1.82) is 0 Å². The number of hydrogen-bond donors (Lipinski definition) is 0. The van der Waals surface area contributed by atoms with Crippen LogP contribution in [0.25, 0.3) is 6.08 Å². The molecule has 1 aromatic rings. The maximum Gasteiger partial charge on any atom is 0.293 e. The summed E-state index contributed by atoms with van der Waals surface area (Å²) < 4.78 is 5.54. The number of nitrogens with zero attached hydrogens (tertiary/aromatic N) is 1. The third-order valence-electron chi connectivity index (χ3n) is 3.41. The van der Waals surface area contributed by atoms with E-state index >= 15 is 0 Å². The highest BCUT2D eigenvalue weighted by Crippen LogP contribution is 2.36. The molecule has 1 aliphatic rings. The standard InChI is InChI=1S/C16H18ClNO3S/c1-4-10(3)18-15(19)14(22-16(18)20)9-11-8-12(17)6-7-13(11)21-5-2/h6-10H,4-5H2,1-3H3/b14-9+/t10-/m1/s1. The quantitative estimate of drug-likeness (QED) is 0.737. The first-order chi connectivity index (χ1) is 10.5. The lowest BCUT2D eigenvalue weighted by Crippen LogP contribution is -2.36. The minimum atomic E-state index is -0.258. The molecule has 0 aliphatic carbocycles. The summed E-state index contributed by atoms with van der Waals surface area (Å²) in [6, 6.07) is 5.11. The van der Waals surface area contributed by atoms with Gasteiger partial charge in [0.2, 0.25) is 0 Å². The lowest BCUT2D eigenvalue weighted by atomic mass is 10.1. The summed E-state index contributed by atoms with van der Waals surface area (Å²) in [6.07, 6.45) is 2.40. The molecule has 6 heteroatoms. The summed E-state index contributed by atoms with van der Waals surface area (Å²) in [7, 11) is 0. The highest BCUT2D eigenvalue weighted by atomic mass is 35.5. The van der Waals surface area contributed by atoms with E-state index in [2.05, 4.69) is 0 Å². The van der Waals surface area contributed by atoms with Gasteiger partial charge < -0.3 is 4.74 Å². The van der Waals surface area contributed by atoms with Gasteiger partial charge in [0, 0.05) is 16.6 Å². The van der Waals surface area contributed by atoms with Crippen LogP contribution in [0.3, 0.4) is 0 Å². The van der Waals surface area contributed by atoms with Gasteiger partial charge in [-0.05, 0) is 56.3 Å². The first kappa shape index (κ1) is 16.9. The average Bonchev–Trinajstić information content (AvgIpc) is 2.76. The van der Waals surface area contributed by atoms with Crippen LogP contribution in [-0.2, 0) is 4.79 Å². The Morgan fingerprint density at radius 3 is 2.73 bits per heavy atom. The van der Waals surface area contributed by atoms with Crippen LogP contribution in [0.1, 0.15) is 32.8 Å². The number of ether oxygens (including phenoxy) is 1. The molecule has 1 atom stereocenters. The largest absolute Gasteiger partial charge is 0.493 e. The number of imide groups is 1. The lowest BCUT2D eigenvalue weighted by molar-refractivity contribution is -0.124. The van der Waals surface area contributed by atoms with E-state index in [1.54, 1.807) is 24.3 Å². The second kappa shape index (κ2) is 7.20. The molecule has 0 radical (unpaired) electrons. The van der Waals surface area contributed by atoms with Crippen molar-refractivity contribution >= 4 is 40.6 Å². The van der Waals surface area contributed by atoms with Gasteiger partial charge in [0.1, 0.15) is 5.75 Å². The maximum absolute atomic E-state index is 12.4. The number of thioether (sulfide) groups is 1. The fraction of sp³-hybridized carbons (Fsp3) is 0.375. The van der Waals surface area contributed by atoms with E-state index in [1.807, 2.05) is 20.8 Å². The molecular weight excluding hydrogens is 322 g/mol. The van der Waals surface area contributed by atoms with Gasteiger partial charge in [-0.15, -0.1) is 0 Å². The van der Waals surface area contributed by atoms with E-state index in [9.17, 15) is 9.59 Å². The molecule has 2 rings (SSSR count). The van der Waals surface area contributed by atoms with Crippen LogP contribution in [0.15, 0.2) is 23.1 Å². The van der Waals surface area contributed by atoms with Crippen molar-refractivity contribution in [2.24, 2.45) is 0 Å². The smallest absolute Gasteiger partial charge is 0.293 e. The van der Waals surface area contributed by atoms with Crippen LogP contribution in [-0.4, -0.2) is 28.7 Å². The van der Waals surface area contributed by atoms with Gasteiger partial charge in [-0.2, -0.15) is 0 Å². The summed E-state index contributed by atoms with van der Waals surface area (Å²) in [5.74, 6) is 0.383. The molecule has 4 nitrogen and oxygen atoms in total. The van der Waals surface area contributed by atoms with Crippen LogP contribution >= 0.6 is 23.4 Å². The molecule has 1 fully saturated rings. The van der Waals surface area contributed by atoms with Crippen molar-refractivity contribution in [3.05, 3.63) is 33.7 Å². The molecule has 118 valence electrons. The summed E-state index contributed by atoms with van der Waals surface area (Å²) in [4.78, 5) is 26.2. The van der Waals surface area contributed by atoms with Gasteiger partial charge in [-0.25, -0.2) is 0 Å². The molecule has 1 heterocycles. The molecule has 1 aliphatic heterocycles. The molecule has 0 N–H and O–H groups in total. The zero-order valence-electron chi connectivity index (χ0n) is 12.8. The molecule has 1 saturated heterocycles. The number of hydrogen-bond acceptors (Lipinski definition) is 4. The Morgan fingerprint density at radius 1 is 1.36 bits per heavy atom. The minimum absolute atomic E-state index is 0.107. The van der Waals surface area contributed by atoms with Crippen molar-refractivity contribution in [1.82, 2.24) is 4.90 Å². The Balaban J connectivity index is 2.36. The van der Waals surface area contributed by atoms with Crippen LogP contribution in [0, 0.1) is 0 Å². The topological polar surface area (TPSA) is 46.6 Å². The number of rotatable bonds is 5. The zero-order valence-corrected chi connectivity index (χ0v) is 14.3. The number of halogens is 1. The number of carbonyl (C=O) groups excluding carboxylic acids is 2. The monoisotopic (exact) mass is 339 g/mol. The van der Waals surface area contributed by atoms with E-state index in [0.29, 0.717) is 27.8 Å². The van der Waals surface area contributed by atoms with Gasteiger partial charge in [0.25, 0.3) is 11.1 Å². The van der Waals surface area contributed by atoms with E-state index in [4.69, 9.17) is 16.3 Å². The minimum Gasteiger partial charge on any atom is -0.493 e. The third-order valence-corrected chi connectivity index (χ3v) is 4.53. The Hall–Kier alpha value is -1.46. The molecule has 0 saturated carbocycles. The normalized spacial score (nSPS) is 18.2. The predicted octanol–water partition coefficient (Wildman–Crippen LogP) is 4.57. The Kier molecular flexibility index (Phi) is 5.53. The first-order valence-electron chi connectivity index (χ1n) is 7.17. The summed E-state index contributed by atoms with van der Waals surface area (Å²) >= 11 is 6.97. The molecular formula is C16H18ClNO3S. The molecule has 22 heavy (non-hydrogen) atoms. The summed E-state index contributed by atoms with van der Waals surface area (Å²) in [5, 5.41) is 0.321. The van der Waals surface area contributed by atoms with Crippen molar-refractivity contribution in [3.63, 3.8) is 0 Å². The number of carbonyl (C=O) groups is 2. The van der Waals surface area contributed by atoms with E-state index < -0.39 is 0 Å². The summed E-state index contributed by atoms with van der Waals surface area (Å²) in [6.45, 7) is 6.21. The fourth-order valence-corrected chi connectivity index (χ4v) is 3.20. The van der Waals surface area contributed by atoms with Gasteiger partial charge in [0.15, 0.2) is 0 Å². The third kappa shape index (κ3) is 3.47. The molecule has 0 unspecified atom stereocenters. The molecule has 2 amide bonds. The first-order valence-corrected chi connectivity index (χ1v) is 8.36. The van der Waals surface area contributed by atoms with Crippen molar-refractivity contribution in [2.75, 3.05) is 6.61 Å². The molecule has 1 aromatic carbocycles. The Bertz CT molecular complexity index is 630. The number of amides is 2. The van der Waals surface area contributed by atoms with E-state index in [0.717, 1.165) is 18.2 Å². The highest BCUT2D eigenvalue weighted by molar-refractivity contribution is 8.18. The zero-order chi connectivity index (χ0) is 16.3. The van der Waals surface area contributed by atoms with E-state index in [1.165, 1.54) is 4.90 Å². The Labute approximate surface area is 139 Å². The Morgan fingerprint density at radius 2 is 2.09 bits per heavy atom. The molecule has 0 bridgehead atoms. The highest BCUT2D eigenvalue weighted by Gasteiger charge is 2.37. The average molecular weight is 340 g/mol. The SMILES string of the molecule is CCOc1ccc(Cl)cc1/C=C1/SC(=O)N([C@H](C)CC)C1=O. The number of benzene rings is 1.